The van der Waals surface area contributed by atoms with Crippen LogP contribution >= 0.6 is 0 Å². The molecule has 0 unspecified atom stereocenters. The molecular formula is C21H32O10. The van der Waals surface area contributed by atoms with Gasteiger partial charge in [-0.25, -0.2) is 0 Å². The SMILES string of the molecule is C[C@@H]1[C@H](O)C[C@]23OC(=O)C[C@]12CC(=O)[C@@H](C)[C@@]3(C)CO[C@@H]1O[C@H](CO)[C@@H](O)[C@H](O)[C@H]1O. The minimum absolute atomic E-state index is 0.0410. The van der Waals surface area contributed by atoms with Crippen molar-refractivity contribution in [2.45, 2.75) is 82.4 Å². The smallest absolute Gasteiger partial charge is 0.307 e. The van der Waals surface area contributed by atoms with Gasteiger partial charge in [-0.1, -0.05) is 20.8 Å². The number of ether oxygens (including phenoxy) is 3. The van der Waals surface area contributed by atoms with Crippen molar-refractivity contribution in [2.75, 3.05) is 13.2 Å². The van der Waals surface area contributed by atoms with Crippen molar-refractivity contribution in [1.29, 1.82) is 0 Å². The Hall–Kier alpha value is -1.14. The van der Waals surface area contributed by atoms with Gasteiger partial charge in [0.2, 0.25) is 0 Å². The Morgan fingerprint density at radius 1 is 1.06 bits per heavy atom. The van der Waals surface area contributed by atoms with Crippen LogP contribution in [0, 0.1) is 22.7 Å². The molecule has 0 aromatic heterocycles. The van der Waals surface area contributed by atoms with Gasteiger partial charge >= 0.3 is 5.97 Å². The summed E-state index contributed by atoms with van der Waals surface area (Å²) in [6.45, 7) is 4.58. The summed E-state index contributed by atoms with van der Waals surface area (Å²) in [7, 11) is 0. The first-order valence-electron chi connectivity index (χ1n) is 10.8. The zero-order valence-corrected chi connectivity index (χ0v) is 17.9. The molecule has 11 atom stereocenters. The van der Waals surface area contributed by atoms with E-state index < -0.39 is 71.7 Å². The molecule has 2 aliphatic heterocycles. The fourth-order valence-corrected chi connectivity index (χ4v) is 6.50. The molecule has 2 saturated heterocycles. The fraction of sp³-hybridized carbons (Fsp3) is 0.905. The number of carbonyl (C=O) groups excluding carboxylic acids is 2. The van der Waals surface area contributed by atoms with E-state index >= 15 is 0 Å². The lowest BCUT2D eigenvalue weighted by Crippen LogP contribution is -2.66. The lowest BCUT2D eigenvalue weighted by molar-refractivity contribution is -0.315. The number of esters is 1. The van der Waals surface area contributed by atoms with E-state index in [4.69, 9.17) is 14.2 Å². The number of aliphatic hydroxyl groups is 5. The van der Waals surface area contributed by atoms with Gasteiger partial charge in [-0.15, -0.1) is 0 Å². The zero-order chi connectivity index (χ0) is 22.9. The lowest BCUT2D eigenvalue weighted by Gasteiger charge is -2.57. The fourth-order valence-electron chi connectivity index (χ4n) is 6.50. The second-order valence-corrected chi connectivity index (χ2v) is 9.98. The summed E-state index contributed by atoms with van der Waals surface area (Å²) in [4.78, 5) is 25.5. The minimum Gasteiger partial charge on any atom is -0.458 e. The maximum atomic E-state index is 13.1. The molecular weight excluding hydrogens is 412 g/mol. The summed E-state index contributed by atoms with van der Waals surface area (Å²) in [5.41, 5.74) is -3.02. The van der Waals surface area contributed by atoms with Gasteiger partial charge < -0.3 is 39.7 Å². The van der Waals surface area contributed by atoms with Crippen LogP contribution in [0.4, 0.5) is 0 Å². The van der Waals surface area contributed by atoms with Crippen molar-refractivity contribution in [2.24, 2.45) is 22.7 Å². The van der Waals surface area contributed by atoms with E-state index in [1.165, 1.54) is 0 Å². The molecule has 2 heterocycles. The van der Waals surface area contributed by atoms with Crippen molar-refractivity contribution in [1.82, 2.24) is 0 Å². The van der Waals surface area contributed by atoms with E-state index in [1.54, 1.807) is 13.8 Å². The van der Waals surface area contributed by atoms with Crippen LogP contribution in [0.1, 0.15) is 40.0 Å². The predicted molar refractivity (Wildman–Crippen MR) is 102 cm³/mol. The highest BCUT2D eigenvalue weighted by molar-refractivity contribution is 5.87. The third kappa shape index (κ3) is 2.89. The molecule has 10 heteroatoms. The highest BCUT2D eigenvalue weighted by atomic mass is 16.7. The van der Waals surface area contributed by atoms with Gasteiger partial charge in [0.05, 0.1) is 25.7 Å². The van der Waals surface area contributed by atoms with E-state index in [-0.39, 0.29) is 37.6 Å². The molecule has 0 bridgehead atoms. The third-order valence-electron chi connectivity index (χ3n) is 8.74. The molecule has 31 heavy (non-hydrogen) atoms. The largest absolute Gasteiger partial charge is 0.458 e. The van der Waals surface area contributed by atoms with Crippen molar-refractivity contribution >= 4 is 11.8 Å². The number of carbonyl (C=O) groups is 2. The summed E-state index contributed by atoms with van der Waals surface area (Å²) >= 11 is 0. The van der Waals surface area contributed by atoms with Gasteiger partial charge in [0.1, 0.15) is 35.8 Å². The van der Waals surface area contributed by atoms with Crippen LogP contribution in [0.15, 0.2) is 0 Å². The van der Waals surface area contributed by atoms with Gasteiger partial charge in [-0.05, 0) is 5.92 Å². The summed E-state index contributed by atoms with van der Waals surface area (Å²) in [5.74, 6) is -1.38. The molecule has 0 radical (unpaired) electrons. The standard InChI is InChI=1S/C21H32O10/c1-9-11(23)4-20-6-14(25)31-21(20,5-12(24)10(20)2)19(9,3)8-29-18-17(28)16(27)15(26)13(7-22)30-18/h9-10,12-13,15-18,22,24,26-28H,4-8H2,1-3H3/t9-,10-,12-,13-,15-,16+,17-,18-,19-,20-,21-/m1/s1. The number of aliphatic hydroxyl groups excluding tert-OH is 5. The van der Waals surface area contributed by atoms with Gasteiger partial charge in [0.25, 0.3) is 0 Å². The highest BCUT2D eigenvalue weighted by Gasteiger charge is 2.79. The Morgan fingerprint density at radius 3 is 2.39 bits per heavy atom. The second kappa shape index (κ2) is 7.44. The minimum atomic E-state index is -1.59. The normalized spacial score (nSPS) is 54.5. The van der Waals surface area contributed by atoms with Gasteiger partial charge in [0, 0.05) is 29.6 Å². The average molecular weight is 444 g/mol. The van der Waals surface area contributed by atoms with E-state index in [0.717, 1.165) is 0 Å². The Kier molecular flexibility index (Phi) is 5.53. The van der Waals surface area contributed by atoms with Crippen molar-refractivity contribution < 1.29 is 49.3 Å². The van der Waals surface area contributed by atoms with Crippen LogP contribution in [0.3, 0.4) is 0 Å². The maximum absolute atomic E-state index is 13.1. The first-order chi connectivity index (χ1) is 14.4. The zero-order valence-electron chi connectivity index (χ0n) is 17.9. The molecule has 0 spiro atoms. The van der Waals surface area contributed by atoms with Crippen LogP contribution in [-0.2, 0) is 23.8 Å². The first kappa shape index (κ1) is 23.0. The Bertz CT molecular complexity index is 756. The van der Waals surface area contributed by atoms with Gasteiger partial charge in [0.15, 0.2) is 6.29 Å². The molecule has 2 aliphatic carbocycles. The quantitative estimate of drug-likeness (QED) is 0.322. The summed E-state index contributed by atoms with van der Waals surface area (Å²) in [6, 6.07) is 0. The summed E-state index contributed by atoms with van der Waals surface area (Å²) in [6.07, 6.45) is -7.60. The number of Topliss-reactive ketones (excluding diaryl/α,β-unsaturated/α-hetero) is 1. The average Bonchev–Trinajstić information content (AvgIpc) is 3.12. The van der Waals surface area contributed by atoms with Crippen LogP contribution in [0.25, 0.3) is 0 Å². The van der Waals surface area contributed by atoms with Crippen LogP contribution in [-0.4, -0.2) is 92.9 Å². The molecule has 0 aromatic carbocycles. The topological polar surface area (TPSA) is 163 Å². The highest BCUT2D eigenvalue weighted by Crippen LogP contribution is 2.71. The van der Waals surface area contributed by atoms with Crippen molar-refractivity contribution in [3.8, 4) is 0 Å². The van der Waals surface area contributed by atoms with E-state index in [9.17, 15) is 35.1 Å². The van der Waals surface area contributed by atoms with E-state index in [0.29, 0.717) is 0 Å². The Labute approximate surface area is 180 Å². The first-order valence-corrected chi connectivity index (χ1v) is 10.8. The number of hydrogen-bond acceptors (Lipinski definition) is 10. The number of rotatable bonds is 4. The number of ketones is 1. The molecule has 4 aliphatic rings. The van der Waals surface area contributed by atoms with Crippen LogP contribution in [0.2, 0.25) is 0 Å². The Balaban J connectivity index is 1.66. The lowest BCUT2D eigenvalue weighted by atomic mass is 9.48. The maximum Gasteiger partial charge on any atom is 0.307 e. The third-order valence-corrected chi connectivity index (χ3v) is 8.74. The molecule has 0 aromatic rings. The summed E-state index contributed by atoms with van der Waals surface area (Å²) < 4.78 is 17.2. The van der Waals surface area contributed by atoms with E-state index in [1.807, 2.05) is 6.92 Å². The Morgan fingerprint density at radius 2 is 1.74 bits per heavy atom. The van der Waals surface area contributed by atoms with E-state index in [2.05, 4.69) is 0 Å². The number of hydrogen-bond donors (Lipinski definition) is 5. The molecule has 176 valence electrons. The molecule has 2 saturated carbocycles. The molecule has 5 N–H and O–H groups in total. The van der Waals surface area contributed by atoms with Gasteiger partial charge in [-0.2, -0.15) is 0 Å². The predicted octanol–water partition coefficient (Wildman–Crippen LogP) is -1.51. The van der Waals surface area contributed by atoms with Crippen molar-refractivity contribution in [3.05, 3.63) is 0 Å². The van der Waals surface area contributed by atoms with Crippen LogP contribution in [0.5, 0.6) is 0 Å². The molecule has 4 rings (SSSR count). The van der Waals surface area contributed by atoms with Crippen molar-refractivity contribution in [3.63, 3.8) is 0 Å². The monoisotopic (exact) mass is 444 g/mol. The van der Waals surface area contributed by atoms with Gasteiger partial charge in [-0.3, -0.25) is 9.59 Å². The summed E-state index contributed by atoms with van der Waals surface area (Å²) in [5, 5.41) is 50.4. The van der Waals surface area contributed by atoms with Crippen LogP contribution < -0.4 is 0 Å². The second-order valence-electron chi connectivity index (χ2n) is 9.98. The molecule has 4 fully saturated rings. The molecule has 0 amide bonds. The molecule has 10 nitrogen and oxygen atoms in total.